The lowest BCUT2D eigenvalue weighted by Gasteiger charge is -2.25. The van der Waals surface area contributed by atoms with Crippen molar-refractivity contribution in [1.29, 1.82) is 0 Å². The molecule has 68 valence electrons. The molecule has 0 heterocycles. The number of hydrogen-bond acceptors (Lipinski definition) is 2. The highest BCUT2D eigenvalue weighted by Crippen LogP contribution is 2.14. The van der Waals surface area contributed by atoms with Gasteiger partial charge in [0, 0.05) is 6.04 Å². The molecular formula is C9H15NO2. The summed E-state index contributed by atoms with van der Waals surface area (Å²) in [4.78, 5) is 12.3. The molecule has 0 radical (unpaired) electrons. The van der Waals surface area contributed by atoms with Crippen molar-refractivity contribution < 1.29 is 9.90 Å². The van der Waals surface area contributed by atoms with Crippen LogP contribution in [0, 0.1) is 0 Å². The van der Waals surface area contributed by atoms with Gasteiger partial charge in [-0.1, -0.05) is 12.2 Å². The van der Waals surface area contributed by atoms with Crippen molar-refractivity contribution in [2.75, 3.05) is 13.6 Å². The van der Waals surface area contributed by atoms with E-state index in [0.717, 1.165) is 12.8 Å². The molecule has 1 atom stereocenters. The number of nitrogens with zero attached hydrogens (tertiary/aromatic N) is 1. The summed E-state index contributed by atoms with van der Waals surface area (Å²) in [6, 6.07) is 0.329. The van der Waals surface area contributed by atoms with Crippen LogP contribution in [0.25, 0.3) is 0 Å². The van der Waals surface area contributed by atoms with Crippen LogP contribution >= 0.6 is 0 Å². The van der Waals surface area contributed by atoms with Gasteiger partial charge in [-0.2, -0.15) is 0 Å². The lowest BCUT2D eigenvalue weighted by molar-refractivity contribution is -0.138. The van der Waals surface area contributed by atoms with Crippen LogP contribution in [0.5, 0.6) is 0 Å². The lowest BCUT2D eigenvalue weighted by Crippen LogP contribution is -2.35. The Balaban J connectivity index is 2.39. The fourth-order valence-electron chi connectivity index (χ4n) is 1.49. The predicted octanol–water partition coefficient (Wildman–Crippen LogP) is 1.11. The molecular weight excluding hydrogens is 154 g/mol. The summed E-state index contributed by atoms with van der Waals surface area (Å²) in [6.45, 7) is 0.134. The van der Waals surface area contributed by atoms with Crippen molar-refractivity contribution in [3.8, 4) is 0 Å². The number of aliphatic carboxylic acids is 1. The Morgan fingerprint density at radius 2 is 2.50 bits per heavy atom. The van der Waals surface area contributed by atoms with Crippen LogP contribution < -0.4 is 0 Å². The van der Waals surface area contributed by atoms with Crippen LogP contribution in [0.15, 0.2) is 12.2 Å². The molecule has 0 saturated carbocycles. The molecule has 0 bridgehead atoms. The van der Waals surface area contributed by atoms with Crippen molar-refractivity contribution >= 4 is 5.97 Å². The van der Waals surface area contributed by atoms with E-state index in [9.17, 15) is 4.79 Å². The highest BCUT2D eigenvalue weighted by molar-refractivity contribution is 5.69. The van der Waals surface area contributed by atoms with Gasteiger partial charge in [0.05, 0.1) is 6.54 Å². The molecule has 1 unspecified atom stereocenters. The molecule has 1 N–H and O–H groups in total. The first-order valence-electron chi connectivity index (χ1n) is 4.29. The first kappa shape index (κ1) is 9.26. The van der Waals surface area contributed by atoms with Crippen LogP contribution in [0.1, 0.15) is 19.3 Å². The third-order valence-electron chi connectivity index (χ3n) is 2.18. The van der Waals surface area contributed by atoms with Crippen LogP contribution in [0.3, 0.4) is 0 Å². The van der Waals surface area contributed by atoms with Crippen molar-refractivity contribution in [2.45, 2.75) is 25.3 Å². The van der Waals surface area contributed by atoms with Gasteiger partial charge in [0.1, 0.15) is 0 Å². The Hall–Kier alpha value is -0.830. The van der Waals surface area contributed by atoms with Crippen molar-refractivity contribution in [3.05, 3.63) is 12.2 Å². The molecule has 12 heavy (non-hydrogen) atoms. The van der Waals surface area contributed by atoms with Gasteiger partial charge >= 0.3 is 5.97 Å². The molecule has 0 aromatic heterocycles. The van der Waals surface area contributed by atoms with E-state index in [1.807, 2.05) is 11.9 Å². The van der Waals surface area contributed by atoms with Gasteiger partial charge in [-0.3, -0.25) is 9.69 Å². The number of carboxylic acid groups (broad SMARTS) is 1. The van der Waals surface area contributed by atoms with Gasteiger partial charge < -0.3 is 5.11 Å². The molecule has 0 aromatic rings. The topological polar surface area (TPSA) is 40.5 Å². The van der Waals surface area contributed by atoms with Crippen LogP contribution in [0.2, 0.25) is 0 Å². The highest BCUT2D eigenvalue weighted by Gasteiger charge is 2.15. The van der Waals surface area contributed by atoms with E-state index in [4.69, 9.17) is 5.11 Å². The fraction of sp³-hybridized carbons (Fsp3) is 0.667. The zero-order chi connectivity index (χ0) is 8.97. The Morgan fingerprint density at radius 1 is 1.75 bits per heavy atom. The minimum absolute atomic E-state index is 0.134. The van der Waals surface area contributed by atoms with E-state index in [0.29, 0.717) is 6.04 Å². The molecule has 0 amide bonds. The van der Waals surface area contributed by atoms with E-state index in [1.165, 1.54) is 6.42 Å². The number of likely N-dealkylation sites (N-methyl/N-ethyl adjacent to an activating group) is 1. The molecule has 3 heteroatoms. The van der Waals surface area contributed by atoms with Crippen molar-refractivity contribution in [2.24, 2.45) is 0 Å². The molecule has 3 nitrogen and oxygen atoms in total. The summed E-state index contributed by atoms with van der Waals surface area (Å²) in [5, 5.41) is 8.55. The fourth-order valence-corrected chi connectivity index (χ4v) is 1.49. The zero-order valence-electron chi connectivity index (χ0n) is 7.36. The summed E-state index contributed by atoms with van der Waals surface area (Å²) in [6.07, 6.45) is 7.63. The maximum Gasteiger partial charge on any atom is 0.317 e. The van der Waals surface area contributed by atoms with E-state index in [2.05, 4.69) is 12.2 Å². The summed E-state index contributed by atoms with van der Waals surface area (Å²) in [7, 11) is 1.86. The molecule has 1 aliphatic rings. The molecule has 1 rings (SSSR count). The van der Waals surface area contributed by atoms with Crippen LogP contribution in [0.4, 0.5) is 0 Å². The Kier molecular flexibility index (Phi) is 3.29. The SMILES string of the molecule is CN(CC(=O)O)C1C=CCCC1. The van der Waals surface area contributed by atoms with Gasteiger partial charge in [0.25, 0.3) is 0 Å². The van der Waals surface area contributed by atoms with E-state index >= 15 is 0 Å². The summed E-state index contributed by atoms with van der Waals surface area (Å²) >= 11 is 0. The van der Waals surface area contributed by atoms with Crippen molar-refractivity contribution in [1.82, 2.24) is 4.90 Å². The van der Waals surface area contributed by atoms with Gasteiger partial charge in [-0.05, 0) is 26.3 Å². The lowest BCUT2D eigenvalue weighted by atomic mass is 10.0. The van der Waals surface area contributed by atoms with Crippen LogP contribution in [-0.2, 0) is 4.79 Å². The highest BCUT2D eigenvalue weighted by atomic mass is 16.4. The maximum atomic E-state index is 10.4. The smallest absolute Gasteiger partial charge is 0.317 e. The van der Waals surface area contributed by atoms with Crippen LogP contribution in [-0.4, -0.2) is 35.6 Å². The standard InChI is InChI=1S/C9H15NO2/c1-10(7-9(11)12)8-5-3-2-4-6-8/h3,5,8H,2,4,6-7H2,1H3,(H,11,12). The Bertz CT molecular complexity index is 189. The van der Waals surface area contributed by atoms with E-state index < -0.39 is 5.97 Å². The Labute approximate surface area is 72.7 Å². The number of allylic oxidation sites excluding steroid dienone is 1. The average Bonchev–Trinajstić information content (AvgIpc) is 2.05. The quantitative estimate of drug-likeness (QED) is 0.643. The number of carboxylic acids is 1. The summed E-state index contributed by atoms with van der Waals surface area (Å²) in [5.74, 6) is -0.753. The minimum Gasteiger partial charge on any atom is -0.480 e. The molecule has 0 aliphatic heterocycles. The first-order valence-corrected chi connectivity index (χ1v) is 4.29. The summed E-state index contributed by atoms with van der Waals surface area (Å²) in [5.41, 5.74) is 0. The molecule has 1 aliphatic carbocycles. The number of carbonyl (C=O) groups is 1. The van der Waals surface area contributed by atoms with E-state index in [-0.39, 0.29) is 6.54 Å². The number of hydrogen-bond donors (Lipinski definition) is 1. The summed E-state index contributed by atoms with van der Waals surface area (Å²) < 4.78 is 0. The molecule has 0 fully saturated rings. The normalized spacial score (nSPS) is 23.0. The second kappa shape index (κ2) is 4.26. The average molecular weight is 169 g/mol. The Morgan fingerprint density at radius 3 is 3.00 bits per heavy atom. The van der Waals surface area contributed by atoms with Gasteiger partial charge in [0.15, 0.2) is 0 Å². The third-order valence-corrected chi connectivity index (χ3v) is 2.18. The predicted molar refractivity (Wildman–Crippen MR) is 47.0 cm³/mol. The number of rotatable bonds is 3. The maximum absolute atomic E-state index is 10.4. The minimum atomic E-state index is -0.753. The zero-order valence-corrected chi connectivity index (χ0v) is 7.36. The molecule has 0 spiro atoms. The molecule has 0 saturated heterocycles. The second-order valence-corrected chi connectivity index (χ2v) is 3.24. The second-order valence-electron chi connectivity index (χ2n) is 3.24. The van der Waals surface area contributed by atoms with Gasteiger partial charge in [-0.25, -0.2) is 0 Å². The van der Waals surface area contributed by atoms with Gasteiger partial charge in [0.2, 0.25) is 0 Å². The largest absolute Gasteiger partial charge is 0.480 e. The molecule has 0 aromatic carbocycles. The third kappa shape index (κ3) is 2.66. The van der Waals surface area contributed by atoms with Crippen molar-refractivity contribution in [3.63, 3.8) is 0 Å². The van der Waals surface area contributed by atoms with Gasteiger partial charge in [-0.15, -0.1) is 0 Å². The first-order chi connectivity index (χ1) is 5.70. The monoisotopic (exact) mass is 169 g/mol. The van der Waals surface area contributed by atoms with E-state index in [1.54, 1.807) is 0 Å².